The predicted octanol–water partition coefficient (Wildman–Crippen LogP) is 3.95. The number of hydrogen-bond acceptors (Lipinski definition) is 2. The fraction of sp³-hybridized carbons (Fsp3) is 0.250. The summed E-state index contributed by atoms with van der Waals surface area (Å²) in [5.74, 6) is 5.44. The number of benzene rings is 2. The van der Waals surface area contributed by atoms with Crippen LogP contribution in [-0.4, -0.2) is 0 Å². The minimum atomic E-state index is -0.252. The lowest BCUT2D eigenvalue weighted by molar-refractivity contribution is 0.548. The van der Waals surface area contributed by atoms with E-state index in [1.165, 1.54) is 22.8 Å². The molecule has 3 N–H and O–H groups in total. The Balaban J connectivity index is 2.26. The molecule has 0 aromatic heterocycles. The third-order valence-corrected chi connectivity index (χ3v) is 4.03. The summed E-state index contributed by atoms with van der Waals surface area (Å²) in [5, 5.41) is 0. The fourth-order valence-corrected chi connectivity index (χ4v) is 2.80. The number of hydrazine groups is 1. The fourth-order valence-electron chi connectivity index (χ4n) is 2.38. The third-order valence-electron chi connectivity index (χ3n) is 3.43. The van der Waals surface area contributed by atoms with Gasteiger partial charge in [-0.25, -0.2) is 4.39 Å². The van der Waals surface area contributed by atoms with E-state index in [-0.39, 0.29) is 11.9 Å². The number of aryl methyl sites for hydroxylation is 2. The topological polar surface area (TPSA) is 38.0 Å². The van der Waals surface area contributed by atoms with Crippen molar-refractivity contribution in [1.29, 1.82) is 0 Å². The Morgan fingerprint density at radius 1 is 1.20 bits per heavy atom. The molecule has 2 aromatic rings. The highest BCUT2D eigenvalue weighted by atomic mass is 79.9. The highest BCUT2D eigenvalue weighted by Gasteiger charge is 2.14. The average molecular weight is 337 g/mol. The standard InChI is InChI=1S/C16H18BrFN2/c1-10-3-5-13(11(2)7-10)16(20-19)9-12-4-6-15(18)14(17)8-12/h3-8,16,20H,9,19H2,1-2H3. The summed E-state index contributed by atoms with van der Waals surface area (Å²) in [5.41, 5.74) is 7.48. The molecule has 106 valence electrons. The van der Waals surface area contributed by atoms with Crippen molar-refractivity contribution >= 4 is 15.9 Å². The van der Waals surface area contributed by atoms with Crippen molar-refractivity contribution in [3.05, 3.63) is 68.9 Å². The number of hydrogen-bond donors (Lipinski definition) is 2. The van der Waals surface area contributed by atoms with E-state index >= 15 is 0 Å². The molecule has 0 aliphatic heterocycles. The van der Waals surface area contributed by atoms with E-state index in [2.05, 4.69) is 53.4 Å². The molecule has 20 heavy (non-hydrogen) atoms. The molecule has 0 radical (unpaired) electrons. The van der Waals surface area contributed by atoms with Crippen molar-refractivity contribution in [3.8, 4) is 0 Å². The van der Waals surface area contributed by atoms with Crippen LogP contribution in [0.5, 0.6) is 0 Å². The molecular weight excluding hydrogens is 319 g/mol. The summed E-state index contributed by atoms with van der Waals surface area (Å²) < 4.78 is 13.7. The Labute approximate surface area is 127 Å². The molecule has 2 nitrogen and oxygen atoms in total. The van der Waals surface area contributed by atoms with Crippen LogP contribution in [0.25, 0.3) is 0 Å². The zero-order valence-corrected chi connectivity index (χ0v) is 13.2. The van der Waals surface area contributed by atoms with Crippen molar-refractivity contribution < 1.29 is 4.39 Å². The van der Waals surface area contributed by atoms with Crippen LogP contribution in [0.3, 0.4) is 0 Å². The van der Waals surface area contributed by atoms with E-state index in [0.29, 0.717) is 10.9 Å². The summed E-state index contributed by atoms with van der Waals surface area (Å²) in [4.78, 5) is 0. The molecule has 1 atom stereocenters. The van der Waals surface area contributed by atoms with Crippen LogP contribution in [0.1, 0.15) is 28.3 Å². The van der Waals surface area contributed by atoms with Crippen molar-refractivity contribution in [2.75, 3.05) is 0 Å². The van der Waals surface area contributed by atoms with Gasteiger partial charge in [-0.2, -0.15) is 0 Å². The SMILES string of the molecule is Cc1ccc(C(Cc2ccc(F)c(Br)c2)NN)c(C)c1. The van der Waals surface area contributed by atoms with Crippen molar-refractivity contribution in [3.63, 3.8) is 0 Å². The van der Waals surface area contributed by atoms with E-state index in [0.717, 1.165) is 5.56 Å². The van der Waals surface area contributed by atoms with Crippen molar-refractivity contribution in [1.82, 2.24) is 5.43 Å². The Hall–Kier alpha value is -1.23. The van der Waals surface area contributed by atoms with Gasteiger partial charge in [0.15, 0.2) is 0 Å². The maximum Gasteiger partial charge on any atom is 0.137 e. The van der Waals surface area contributed by atoms with Gasteiger partial charge < -0.3 is 0 Å². The van der Waals surface area contributed by atoms with Crippen molar-refractivity contribution in [2.45, 2.75) is 26.3 Å². The molecule has 0 saturated carbocycles. The molecule has 2 rings (SSSR count). The molecule has 0 amide bonds. The third kappa shape index (κ3) is 3.45. The Kier molecular flexibility index (Phi) is 4.91. The van der Waals surface area contributed by atoms with Gasteiger partial charge in [0, 0.05) is 0 Å². The van der Waals surface area contributed by atoms with E-state index in [1.54, 1.807) is 12.1 Å². The second-order valence-corrected chi connectivity index (χ2v) is 5.89. The second kappa shape index (κ2) is 6.48. The zero-order chi connectivity index (χ0) is 14.7. The maximum absolute atomic E-state index is 13.3. The van der Waals surface area contributed by atoms with Crippen LogP contribution in [0.15, 0.2) is 40.9 Å². The maximum atomic E-state index is 13.3. The van der Waals surface area contributed by atoms with Gasteiger partial charge in [0.2, 0.25) is 0 Å². The van der Waals surface area contributed by atoms with E-state index in [4.69, 9.17) is 5.84 Å². The van der Waals surface area contributed by atoms with Crippen LogP contribution in [-0.2, 0) is 6.42 Å². The smallest absolute Gasteiger partial charge is 0.137 e. The molecule has 0 aliphatic rings. The first-order chi connectivity index (χ1) is 9.51. The lowest BCUT2D eigenvalue weighted by Crippen LogP contribution is -2.30. The van der Waals surface area contributed by atoms with E-state index in [1.807, 2.05) is 0 Å². The summed E-state index contributed by atoms with van der Waals surface area (Å²) in [6, 6.07) is 11.4. The normalized spacial score (nSPS) is 12.4. The Bertz CT molecular complexity index is 613. The number of nitrogens with one attached hydrogen (secondary N) is 1. The molecule has 2 aromatic carbocycles. The van der Waals surface area contributed by atoms with Crippen LogP contribution < -0.4 is 11.3 Å². The molecule has 0 bridgehead atoms. The number of nitrogens with two attached hydrogens (primary N) is 1. The molecule has 0 spiro atoms. The predicted molar refractivity (Wildman–Crippen MR) is 83.8 cm³/mol. The molecule has 0 saturated heterocycles. The van der Waals surface area contributed by atoms with Crippen molar-refractivity contribution in [2.24, 2.45) is 5.84 Å². The lowest BCUT2D eigenvalue weighted by atomic mass is 9.95. The molecule has 0 aliphatic carbocycles. The minimum absolute atomic E-state index is 0.00737. The highest BCUT2D eigenvalue weighted by Crippen LogP contribution is 2.24. The first-order valence-electron chi connectivity index (χ1n) is 6.48. The minimum Gasteiger partial charge on any atom is -0.271 e. The van der Waals surface area contributed by atoms with Crippen LogP contribution >= 0.6 is 15.9 Å². The number of rotatable bonds is 4. The van der Waals surface area contributed by atoms with Gasteiger partial charge in [0.05, 0.1) is 10.5 Å². The van der Waals surface area contributed by atoms with Crippen LogP contribution in [0.4, 0.5) is 4.39 Å². The van der Waals surface area contributed by atoms with Gasteiger partial charge in [-0.3, -0.25) is 11.3 Å². The van der Waals surface area contributed by atoms with Gasteiger partial charge >= 0.3 is 0 Å². The summed E-state index contributed by atoms with van der Waals surface area (Å²) >= 11 is 3.21. The van der Waals surface area contributed by atoms with Gasteiger partial charge in [0.1, 0.15) is 5.82 Å². The molecule has 4 heteroatoms. The molecule has 0 fully saturated rings. The molecule has 0 heterocycles. The van der Waals surface area contributed by atoms with Crippen LogP contribution in [0.2, 0.25) is 0 Å². The van der Waals surface area contributed by atoms with Gasteiger partial charge in [0.25, 0.3) is 0 Å². The van der Waals surface area contributed by atoms with Gasteiger partial charge in [-0.05, 0) is 65.0 Å². The quantitative estimate of drug-likeness (QED) is 0.655. The molecular formula is C16H18BrFN2. The monoisotopic (exact) mass is 336 g/mol. The summed E-state index contributed by atoms with van der Waals surface area (Å²) in [6.45, 7) is 4.14. The van der Waals surface area contributed by atoms with E-state index in [9.17, 15) is 4.39 Å². The first kappa shape index (κ1) is 15.2. The second-order valence-electron chi connectivity index (χ2n) is 5.03. The summed E-state index contributed by atoms with van der Waals surface area (Å²) in [6.07, 6.45) is 0.708. The Morgan fingerprint density at radius 2 is 1.95 bits per heavy atom. The largest absolute Gasteiger partial charge is 0.271 e. The average Bonchev–Trinajstić information content (AvgIpc) is 2.41. The van der Waals surface area contributed by atoms with Crippen LogP contribution in [0, 0.1) is 19.7 Å². The zero-order valence-electron chi connectivity index (χ0n) is 11.6. The van der Waals surface area contributed by atoms with Gasteiger partial charge in [-0.1, -0.05) is 29.8 Å². The summed E-state index contributed by atoms with van der Waals surface area (Å²) in [7, 11) is 0. The lowest BCUT2D eigenvalue weighted by Gasteiger charge is -2.19. The Morgan fingerprint density at radius 3 is 2.55 bits per heavy atom. The highest BCUT2D eigenvalue weighted by molar-refractivity contribution is 9.10. The van der Waals surface area contributed by atoms with Gasteiger partial charge in [-0.15, -0.1) is 0 Å². The van der Waals surface area contributed by atoms with E-state index < -0.39 is 0 Å². The molecule has 1 unspecified atom stereocenters. The number of halogens is 2. The first-order valence-corrected chi connectivity index (χ1v) is 7.27.